The van der Waals surface area contributed by atoms with E-state index in [1.54, 1.807) is 36.5 Å². The van der Waals surface area contributed by atoms with E-state index in [9.17, 15) is 27.6 Å². The molecule has 2 fully saturated rings. The van der Waals surface area contributed by atoms with Crippen LogP contribution in [-0.2, 0) is 14.4 Å². The van der Waals surface area contributed by atoms with Crippen LogP contribution in [0, 0.1) is 9.39 Å². The number of aromatic nitrogens is 1. The number of carbonyl (C=O) groups is 3. The van der Waals surface area contributed by atoms with Crippen molar-refractivity contribution in [3.05, 3.63) is 100 Å². The molecule has 3 amide bonds. The number of rotatable bonds is 7. The van der Waals surface area contributed by atoms with E-state index in [2.05, 4.69) is 27.6 Å². The minimum atomic E-state index is -2.87. The Bertz CT molecular complexity index is 1760. The van der Waals surface area contributed by atoms with Gasteiger partial charge >= 0.3 is 0 Å². The van der Waals surface area contributed by atoms with Crippen molar-refractivity contribution < 1.29 is 27.6 Å². The number of pyridine rings is 1. The topological polar surface area (TPSA) is 73.8 Å². The van der Waals surface area contributed by atoms with Crippen LogP contribution < -0.4 is 9.80 Å². The van der Waals surface area contributed by atoms with Gasteiger partial charge in [0, 0.05) is 53.2 Å². The molecule has 6 rings (SSSR count). The van der Waals surface area contributed by atoms with E-state index in [0.717, 1.165) is 11.5 Å². The van der Waals surface area contributed by atoms with Crippen LogP contribution in [0.5, 0.6) is 0 Å². The van der Waals surface area contributed by atoms with E-state index in [4.69, 9.17) is 0 Å². The molecule has 1 saturated heterocycles. The van der Waals surface area contributed by atoms with Crippen LogP contribution in [0.15, 0.2) is 85.1 Å². The average molecular weight is 713 g/mol. The molecule has 1 aromatic heterocycles. The maximum Gasteiger partial charge on any atom is 0.252 e. The third kappa shape index (κ3) is 5.53. The number of hydrogen-bond donors (Lipinski definition) is 0. The zero-order chi connectivity index (χ0) is 31.2. The SMILES string of the molecule is CN(C(=O)[C@H](c1ccccc1I)N(C(=O)[C@@H]1CCC(=O)N1c1nccc2ccccc12)c1cccc(F)c1)C1CC(F)(F)C1. The van der Waals surface area contributed by atoms with Crippen molar-refractivity contribution >= 4 is 62.6 Å². The predicted octanol–water partition coefficient (Wildman–Crippen LogP) is 6.50. The van der Waals surface area contributed by atoms with E-state index in [1.165, 1.54) is 39.9 Å². The van der Waals surface area contributed by atoms with Crippen molar-refractivity contribution in [2.24, 2.45) is 0 Å². The Morgan fingerprint density at radius 3 is 2.48 bits per heavy atom. The number of alkyl halides is 2. The maximum atomic E-state index is 14.8. The van der Waals surface area contributed by atoms with Gasteiger partial charge in [-0.25, -0.2) is 18.2 Å². The molecule has 1 aliphatic heterocycles. The molecule has 0 bridgehead atoms. The van der Waals surface area contributed by atoms with Crippen molar-refractivity contribution in [3.8, 4) is 0 Å². The van der Waals surface area contributed by atoms with Crippen LogP contribution >= 0.6 is 22.6 Å². The summed E-state index contributed by atoms with van der Waals surface area (Å²) in [6, 6.07) is 18.4. The first kappa shape index (κ1) is 30.0. The molecule has 11 heteroatoms. The average Bonchev–Trinajstić information content (AvgIpc) is 3.38. The molecular formula is C33H28F3IN4O3. The lowest BCUT2D eigenvalue weighted by Gasteiger charge is -2.44. The van der Waals surface area contributed by atoms with Gasteiger partial charge in [-0.1, -0.05) is 48.5 Å². The van der Waals surface area contributed by atoms with Crippen LogP contribution in [0.25, 0.3) is 10.8 Å². The van der Waals surface area contributed by atoms with Crippen molar-refractivity contribution in [2.75, 3.05) is 16.8 Å². The second kappa shape index (κ2) is 11.8. The number of halogens is 4. The quantitative estimate of drug-likeness (QED) is 0.205. The summed E-state index contributed by atoms with van der Waals surface area (Å²) in [5.74, 6) is -4.69. The Hall–Kier alpha value is -4.00. The number of hydrogen-bond acceptors (Lipinski definition) is 4. The highest BCUT2D eigenvalue weighted by Crippen LogP contribution is 2.42. The van der Waals surface area contributed by atoms with E-state index in [0.29, 0.717) is 20.3 Å². The standard InChI is InChI=1S/C33H28F3IN4O3/c1-39(23-18-33(35,36)19-23)32(44)29(25-11-4-5-12-26(25)37)40(22-9-6-8-21(34)17-22)31(43)27-13-14-28(42)41(27)30-24-10-3-2-7-20(24)15-16-38-30/h2-12,15-17,23,27,29H,13-14,18-19H2,1H3/t27-,29-/m0/s1. The number of nitrogens with zero attached hydrogens (tertiary/aromatic N) is 4. The van der Waals surface area contributed by atoms with E-state index >= 15 is 0 Å². The Kier molecular flexibility index (Phi) is 8.08. The van der Waals surface area contributed by atoms with E-state index in [-0.39, 0.29) is 24.4 Å². The largest absolute Gasteiger partial charge is 0.340 e. The fraction of sp³-hybridized carbons (Fsp3) is 0.273. The molecule has 1 aliphatic carbocycles. The van der Waals surface area contributed by atoms with Crippen LogP contribution in [0.3, 0.4) is 0 Å². The molecule has 4 aromatic rings. The molecule has 2 atom stereocenters. The Morgan fingerprint density at radius 2 is 1.75 bits per heavy atom. The molecule has 1 saturated carbocycles. The molecule has 3 aromatic carbocycles. The monoisotopic (exact) mass is 712 g/mol. The summed E-state index contributed by atoms with van der Waals surface area (Å²) in [6.07, 6.45) is 0.804. The van der Waals surface area contributed by atoms with Gasteiger partial charge in [0.25, 0.3) is 11.8 Å². The maximum absolute atomic E-state index is 14.8. The summed E-state index contributed by atoms with van der Waals surface area (Å²) >= 11 is 2.06. The second-order valence-corrected chi connectivity index (χ2v) is 12.3. The van der Waals surface area contributed by atoms with Gasteiger partial charge in [0.1, 0.15) is 23.7 Å². The number of carbonyl (C=O) groups excluding carboxylic acids is 3. The van der Waals surface area contributed by atoms with Gasteiger partial charge in [0.15, 0.2) is 0 Å². The molecule has 226 valence electrons. The first-order chi connectivity index (χ1) is 21.1. The Labute approximate surface area is 265 Å². The summed E-state index contributed by atoms with van der Waals surface area (Å²) in [5, 5.41) is 1.51. The zero-order valence-corrected chi connectivity index (χ0v) is 25.8. The van der Waals surface area contributed by atoms with E-state index < -0.39 is 54.5 Å². The molecular weight excluding hydrogens is 684 g/mol. The minimum Gasteiger partial charge on any atom is -0.340 e. The third-order valence-corrected chi connectivity index (χ3v) is 9.34. The van der Waals surface area contributed by atoms with E-state index in [1.807, 2.05) is 24.3 Å². The minimum absolute atomic E-state index is 0.0663. The summed E-state index contributed by atoms with van der Waals surface area (Å²) in [5.41, 5.74) is 0.554. The predicted molar refractivity (Wildman–Crippen MR) is 169 cm³/mol. The number of amides is 3. The normalized spacial score (nSPS) is 18.6. The van der Waals surface area contributed by atoms with Crippen LogP contribution in [0.4, 0.5) is 24.7 Å². The number of fused-ring (bicyclic) bond motifs is 1. The van der Waals surface area contributed by atoms with Crippen molar-refractivity contribution in [1.29, 1.82) is 0 Å². The van der Waals surface area contributed by atoms with Crippen LogP contribution in [-0.4, -0.2) is 52.7 Å². The fourth-order valence-electron chi connectivity index (χ4n) is 6.02. The zero-order valence-electron chi connectivity index (χ0n) is 23.7. The summed E-state index contributed by atoms with van der Waals surface area (Å²) < 4.78 is 43.1. The van der Waals surface area contributed by atoms with Crippen LogP contribution in [0.2, 0.25) is 0 Å². The second-order valence-electron chi connectivity index (χ2n) is 11.2. The van der Waals surface area contributed by atoms with Gasteiger partial charge in [0.2, 0.25) is 11.8 Å². The molecule has 0 radical (unpaired) electrons. The van der Waals surface area contributed by atoms with Gasteiger partial charge in [-0.2, -0.15) is 0 Å². The Morgan fingerprint density at radius 1 is 1.02 bits per heavy atom. The lowest BCUT2D eigenvalue weighted by atomic mass is 9.86. The summed E-state index contributed by atoms with van der Waals surface area (Å²) in [6.45, 7) is 0. The molecule has 2 aliphatic rings. The van der Waals surface area contributed by atoms with Gasteiger partial charge < -0.3 is 4.90 Å². The lowest BCUT2D eigenvalue weighted by Crippen LogP contribution is -2.56. The molecule has 44 heavy (non-hydrogen) atoms. The molecule has 2 heterocycles. The van der Waals surface area contributed by atoms with Gasteiger partial charge in [0.05, 0.1) is 0 Å². The molecule has 7 nitrogen and oxygen atoms in total. The smallest absolute Gasteiger partial charge is 0.252 e. The van der Waals surface area contributed by atoms with Crippen LogP contribution in [0.1, 0.15) is 37.3 Å². The van der Waals surface area contributed by atoms with Gasteiger partial charge in [-0.15, -0.1) is 0 Å². The van der Waals surface area contributed by atoms with Crippen molar-refractivity contribution in [1.82, 2.24) is 9.88 Å². The molecule has 0 spiro atoms. The summed E-state index contributed by atoms with van der Waals surface area (Å²) in [4.78, 5) is 50.9. The highest BCUT2D eigenvalue weighted by molar-refractivity contribution is 14.1. The Balaban J connectivity index is 1.49. The highest BCUT2D eigenvalue weighted by Gasteiger charge is 2.51. The van der Waals surface area contributed by atoms with Crippen molar-refractivity contribution in [3.63, 3.8) is 0 Å². The fourth-order valence-corrected chi connectivity index (χ4v) is 6.71. The number of benzene rings is 3. The highest BCUT2D eigenvalue weighted by atomic mass is 127. The van der Waals surface area contributed by atoms with Gasteiger partial charge in [-0.3, -0.25) is 24.2 Å². The lowest BCUT2D eigenvalue weighted by molar-refractivity contribution is -0.152. The number of anilines is 2. The van der Waals surface area contributed by atoms with Crippen molar-refractivity contribution in [2.45, 2.75) is 49.7 Å². The first-order valence-electron chi connectivity index (χ1n) is 14.2. The summed E-state index contributed by atoms with van der Waals surface area (Å²) in [7, 11) is 1.45. The molecule has 0 unspecified atom stereocenters. The van der Waals surface area contributed by atoms with Gasteiger partial charge in [-0.05, 0) is 70.3 Å². The first-order valence-corrected chi connectivity index (χ1v) is 15.3. The third-order valence-electron chi connectivity index (χ3n) is 8.36. The molecule has 0 N–H and O–H groups in total. The number of likely N-dealkylation sites (N-methyl/N-ethyl adjacent to an activating group) is 1.